The number of benzene rings is 2. The summed E-state index contributed by atoms with van der Waals surface area (Å²) in [5, 5.41) is 2.74. The number of nitrogen functional groups attached to an aromatic ring is 1. The summed E-state index contributed by atoms with van der Waals surface area (Å²) in [6.07, 6.45) is 3.43. The van der Waals surface area contributed by atoms with Gasteiger partial charge in [-0.15, -0.1) is 0 Å². The molecule has 0 unspecified atom stereocenters. The van der Waals surface area contributed by atoms with Gasteiger partial charge in [0.15, 0.2) is 0 Å². The van der Waals surface area contributed by atoms with Crippen LogP contribution in [-0.4, -0.2) is 15.9 Å². The third kappa shape index (κ3) is 3.31. The third-order valence-electron chi connectivity index (χ3n) is 4.55. The van der Waals surface area contributed by atoms with Gasteiger partial charge in [-0.05, 0) is 47.0 Å². The molecule has 2 aromatic carbocycles. The molecule has 136 valence electrons. The molecule has 0 aliphatic carbocycles. The van der Waals surface area contributed by atoms with Gasteiger partial charge in [0.1, 0.15) is 11.6 Å². The van der Waals surface area contributed by atoms with E-state index in [9.17, 15) is 13.6 Å². The number of amides is 2. The Kier molecular flexibility index (Phi) is 4.19. The summed E-state index contributed by atoms with van der Waals surface area (Å²) in [6.45, 7) is 0.913. The maximum absolute atomic E-state index is 14.3. The van der Waals surface area contributed by atoms with Crippen molar-refractivity contribution in [2.45, 2.75) is 13.1 Å². The summed E-state index contributed by atoms with van der Waals surface area (Å²) in [5.74, 6) is -0.956. The van der Waals surface area contributed by atoms with Gasteiger partial charge in [-0.2, -0.15) is 0 Å². The lowest BCUT2D eigenvalue weighted by molar-refractivity contribution is 0.212. The van der Waals surface area contributed by atoms with E-state index in [1.54, 1.807) is 17.3 Å². The molecule has 0 fully saturated rings. The van der Waals surface area contributed by atoms with Crippen LogP contribution in [0.3, 0.4) is 0 Å². The average molecular weight is 366 g/mol. The van der Waals surface area contributed by atoms with Crippen LogP contribution in [0.4, 0.5) is 25.0 Å². The van der Waals surface area contributed by atoms with Crippen molar-refractivity contribution in [2.75, 3.05) is 11.1 Å². The largest absolute Gasteiger partial charge is 0.397 e. The molecule has 5 nitrogen and oxygen atoms in total. The number of pyridine rings is 1. The van der Waals surface area contributed by atoms with Crippen molar-refractivity contribution in [3.8, 4) is 11.1 Å². The van der Waals surface area contributed by atoms with Crippen LogP contribution >= 0.6 is 0 Å². The lowest BCUT2D eigenvalue weighted by Crippen LogP contribution is -2.30. The van der Waals surface area contributed by atoms with Gasteiger partial charge in [-0.3, -0.25) is 4.98 Å². The fourth-order valence-electron chi connectivity index (χ4n) is 3.11. The quantitative estimate of drug-likeness (QED) is 0.669. The number of nitrogens with zero attached hydrogens (tertiary/aromatic N) is 2. The first-order chi connectivity index (χ1) is 13.0. The molecule has 0 saturated heterocycles. The molecule has 3 N–H and O–H groups in total. The number of nitrogens with two attached hydrogens (primary N) is 1. The first-order valence-corrected chi connectivity index (χ1v) is 8.34. The normalized spacial score (nSPS) is 12.7. The van der Waals surface area contributed by atoms with E-state index in [-0.39, 0.29) is 17.3 Å². The number of fused-ring (bicyclic) bond motifs is 1. The second kappa shape index (κ2) is 6.68. The van der Waals surface area contributed by atoms with Gasteiger partial charge in [0.25, 0.3) is 0 Å². The van der Waals surface area contributed by atoms with E-state index < -0.39 is 11.6 Å². The standard InChI is InChI=1S/C20H16F2N4O/c21-15-3-1-12(2-4-15)16-7-19(18(23)8-17(16)22)25-20(27)26-10-13-5-6-24-9-14(13)11-26/h1-9H,10-11,23H2,(H,25,27). The van der Waals surface area contributed by atoms with E-state index in [4.69, 9.17) is 5.73 Å². The van der Waals surface area contributed by atoms with Crippen LogP contribution in [0.25, 0.3) is 11.1 Å². The van der Waals surface area contributed by atoms with Gasteiger partial charge in [-0.1, -0.05) is 12.1 Å². The first kappa shape index (κ1) is 17.0. The van der Waals surface area contributed by atoms with Crippen molar-refractivity contribution in [2.24, 2.45) is 0 Å². The van der Waals surface area contributed by atoms with Crippen molar-refractivity contribution in [1.29, 1.82) is 0 Å². The number of carbonyl (C=O) groups is 1. The van der Waals surface area contributed by atoms with E-state index in [0.717, 1.165) is 17.2 Å². The number of hydrogen-bond acceptors (Lipinski definition) is 3. The summed E-state index contributed by atoms with van der Waals surface area (Å²) < 4.78 is 27.5. The number of aromatic nitrogens is 1. The molecular formula is C20H16F2N4O. The molecule has 1 aromatic heterocycles. The molecule has 2 amide bonds. The topological polar surface area (TPSA) is 71.2 Å². The zero-order valence-electron chi connectivity index (χ0n) is 14.2. The number of carbonyl (C=O) groups excluding carboxylic acids is 1. The molecule has 3 aromatic rings. The summed E-state index contributed by atoms with van der Waals surface area (Å²) in [4.78, 5) is 18.3. The predicted octanol–water partition coefficient (Wildman–Crippen LogP) is 4.16. The van der Waals surface area contributed by atoms with Gasteiger partial charge in [-0.25, -0.2) is 13.6 Å². The van der Waals surface area contributed by atoms with E-state index in [1.807, 2.05) is 6.07 Å². The molecule has 1 aliphatic heterocycles. The number of anilines is 2. The predicted molar refractivity (Wildman–Crippen MR) is 98.7 cm³/mol. The highest BCUT2D eigenvalue weighted by Crippen LogP contribution is 2.31. The zero-order valence-corrected chi connectivity index (χ0v) is 14.2. The molecule has 2 heterocycles. The minimum Gasteiger partial charge on any atom is -0.397 e. The second-order valence-corrected chi connectivity index (χ2v) is 6.36. The minimum absolute atomic E-state index is 0.116. The SMILES string of the molecule is Nc1cc(F)c(-c2ccc(F)cc2)cc1NC(=O)N1Cc2ccncc2C1. The van der Waals surface area contributed by atoms with Crippen LogP contribution in [0.2, 0.25) is 0 Å². The van der Waals surface area contributed by atoms with Gasteiger partial charge < -0.3 is 16.0 Å². The number of halogens is 2. The van der Waals surface area contributed by atoms with Crippen molar-refractivity contribution in [1.82, 2.24) is 9.88 Å². The molecular weight excluding hydrogens is 350 g/mol. The van der Waals surface area contributed by atoms with Gasteiger partial charge in [0.05, 0.1) is 11.4 Å². The number of rotatable bonds is 2. The Morgan fingerprint density at radius 3 is 2.56 bits per heavy atom. The maximum Gasteiger partial charge on any atom is 0.322 e. The van der Waals surface area contributed by atoms with Gasteiger partial charge in [0, 0.05) is 31.0 Å². The fraction of sp³-hybridized carbons (Fsp3) is 0.100. The third-order valence-corrected chi connectivity index (χ3v) is 4.55. The Bertz CT molecular complexity index is 996. The summed E-state index contributed by atoms with van der Waals surface area (Å²) in [5.41, 5.74) is 9.05. The molecule has 0 atom stereocenters. The second-order valence-electron chi connectivity index (χ2n) is 6.36. The van der Waals surface area contributed by atoms with Crippen LogP contribution < -0.4 is 11.1 Å². The van der Waals surface area contributed by atoms with Crippen molar-refractivity contribution < 1.29 is 13.6 Å². The molecule has 1 aliphatic rings. The van der Waals surface area contributed by atoms with E-state index >= 15 is 0 Å². The Labute approximate surface area is 154 Å². The highest BCUT2D eigenvalue weighted by molar-refractivity contribution is 5.94. The average Bonchev–Trinajstić information content (AvgIpc) is 3.09. The first-order valence-electron chi connectivity index (χ1n) is 8.34. The summed E-state index contributed by atoms with van der Waals surface area (Å²) >= 11 is 0. The van der Waals surface area contributed by atoms with Crippen molar-refractivity contribution >= 4 is 17.4 Å². The van der Waals surface area contributed by atoms with Crippen LogP contribution in [0.5, 0.6) is 0 Å². The molecule has 7 heteroatoms. The lowest BCUT2D eigenvalue weighted by Gasteiger charge is -2.18. The molecule has 0 spiro atoms. The van der Waals surface area contributed by atoms with Crippen LogP contribution in [-0.2, 0) is 13.1 Å². The van der Waals surface area contributed by atoms with E-state index in [0.29, 0.717) is 24.3 Å². The van der Waals surface area contributed by atoms with Crippen LogP contribution in [0, 0.1) is 11.6 Å². The van der Waals surface area contributed by atoms with Crippen molar-refractivity contribution in [3.63, 3.8) is 0 Å². The molecule has 0 saturated carbocycles. The molecule has 4 rings (SSSR count). The van der Waals surface area contributed by atoms with Gasteiger partial charge >= 0.3 is 6.03 Å². The Hall–Kier alpha value is -3.48. The van der Waals surface area contributed by atoms with Crippen LogP contribution in [0.1, 0.15) is 11.1 Å². The number of nitrogens with one attached hydrogen (secondary N) is 1. The van der Waals surface area contributed by atoms with Crippen molar-refractivity contribution in [3.05, 3.63) is 77.6 Å². The number of urea groups is 1. The Balaban J connectivity index is 1.58. The monoisotopic (exact) mass is 366 g/mol. The Morgan fingerprint density at radius 1 is 1.07 bits per heavy atom. The summed E-state index contributed by atoms with van der Waals surface area (Å²) in [6, 6.07) is 9.59. The highest BCUT2D eigenvalue weighted by Gasteiger charge is 2.24. The zero-order chi connectivity index (χ0) is 19.0. The van der Waals surface area contributed by atoms with Gasteiger partial charge in [0.2, 0.25) is 0 Å². The molecule has 27 heavy (non-hydrogen) atoms. The summed E-state index contributed by atoms with van der Waals surface area (Å²) in [7, 11) is 0. The fourth-order valence-corrected chi connectivity index (χ4v) is 3.11. The molecule has 0 radical (unpaired) electrons. The Morgan fingerprint density at radius 2 is 1.81 bits per heavy atom. The smallest absolute Gasteiger partial charge is 0.322 e. The number of hydrogen-bond donors (Lipinski definition) is 2. The van der Waals surface area contributed by atoms with Crippen LogP contribution in [0.15, 0.2) is 54.9 Å². The molecule has 0 bridgehead atoms. The lowest BCUT2D eigenvalue weighted by atomic mass is 10.0. The van der Waals surface area contributed by atoms with E-state index in [1.165, 1.54) is 30.3 Å². The highest BCUT2D eigenvalue weighted by atomic mass is 19.1. The minimum atomic E-state index is -0.545. The van der Waals surface area contributed by atoms with E-state index in [2.05, 4.69) is 10.3 Å². The maximum atomic E-state index is 14.3.